The molecule has 0 fully saturated rings. The van der Waals surface area contributed by atoms with Gasteiger partial charge in [-0.05, 0) is 18.1 Å². The molecule has 0 saturated heterocycles. The zero-order chi connectivity index (χ0) is 11.3. The minimum atomic E-state index is 0.161. The smallest absolute Gasteiger partial charge is 0.165 e. The number of carbonyl (C=O) groups is 1. The van der Waals surface area contributed by atoms with E-state index in [1.54, 1.807) is 12.1 Å². The van der Waals surface area contributed by atoms with Crippen LogP contribution in [0.5, 0.6) is 0 Å². The molecule has 0 bridgehead atoms. The fourth-order valence-corrected chi connectivity index (χ4v) is 1.77. The second-order valence-corrected chi connectivity index (χ2v) is 4.11. The number of nitrogen functional groups attached to an aromatic ring is 1. The highest BCUT2D eigenvalue weighted by Crippen LogP contribution is 2.18. The average molecular weight is 205 g/mol. The summed E-state index contributed by atoms with van der Waals surface area (Å²) in [6, 6.07) is 7.28. The monoisotopic (exact) mass is 205 g/mol. The van der Waals surface area contributed by atoms with Crippen molar-refractivity contribution in [1.29, 1.82) is 0 Å². The van der Waals surface area contributed by atoms with Crippen molar-refractivity contribution in [2.75, 3.05) is 5.73 Å². The second-order valence-electron chi connectivity index (χ2n) is 4.11. The van der Waals surface area contributed by atoms with Crippen LogP contribution in [0.1, 0.15) is 43.5 Å². The van der Waals surface area contributed by atoms with Crippen LogP contribution in [0.4, 0.5) is 5.69 Å². The number of nitrogens with two attached hydrogens (primary N) is 1. The van der Waals surface area contributed by atoms with Crippen molar-refractivity contribution in [2.45, 2.75) is 33.1 Å². The molecule has 2 nitrogen and oxygen atoms in total. The summed E-state index contributed by atoms with van der Waals surface area (Å²) in [7, 11) is 0. The van der Waals surface area contributed by atoms with E-state index < -0.39 is 0 Å². The van der Waals surface area contributed by atoms with Gasteiger partial charge in [0.15, 0.2) is 5.78 Å². The molecule has 82 valence electrons. The second kappa shape index (κ2) is 5.54. The summed E-state index contributed by atoms with van der Waals surface area (Å²) in [6.45, 7) is 4.25. The molecule has 0 saturated carbocycles. The zero-order valence-corrected chi connectivity index (χ0v) is 9.49. The Morgan fingerprint density at radius 1 is 1.40 bits per heavy atom. The van der Waals surface area contributed by atoms with Crippen molar-refractivity contribution in [3.63, 3.8) is 0 Å². The number of rotatable bonds is 5. The van der Waals surface area contributed by atoms with Gasteiger partial charge in [-0.2, -0.15) is 0 Å². The van der Waals surface area contributed by atoms with Crippen molar-refractivity contribution >= 4 is 11.5 Å². The first-order valence-corrected chi connectivity index (χ1v) is 5.52. The Bertz CT molecular complexity index is 333. The molecule has 0 spiro atoms. The SMILES string of the molecule is CCCC(C)CC(=O)c1ccccc1N. The first-order chi connectivity index (χ1) is 7.15. The van der Waals surface area contributed by atoms with E-state index in [0.717, 1.165) is 12.8 Å². The first-order valence-electron chi connectivity index (χ1n) is 5.52. The average Bonchev–Trinajstić information content (AvgIpc) is 2.18. The lowest BCUT2D eigenvalue weighted by atomic mass is 9.95. The summed E-state index contributed by atoms with van der Waals surface area (Å²) >= 11 is 0. The molecule has 1 aromatic carbocycles. The van der Waals surface area contributed by atoms with Crippen molar-refractivity contribution in [2.24, 2.45) is 5.92 Å². The van der Waals surface area contributed by atoms with Crippen molar-refractivity contribution in [3.05, 3.63) is 29.8 Å². The molecule has 0 aliphatic rings. The third-order valence-corrected chi connectivity index (χ3v) is 2.58. The molecule has 0 aliphatic heterocycles. The van der Waals surface area contributed by atoms with E-state index >= 15 is 0 Å². The van der Waals surface area contributed by atoms with Gasteiger partial charge >= 0.3 is 0 Å². The van der Waals surface area contributed by atoms with Gasteiger partial charge in [0, 0.05) is 17.7 Å². The summed E-state index contributed by atoms with van der Waals surface area (Å²) in [5, 5.41) is 0. The predicted octanol–water partition coefficient (Wildman–Crippen LogP) is 3.28. The summed E-state index contributed by atoms with van der Waals surface area (Å²) in [5.74, 6) is 0.608. The highest BCUT2D eigenvalue weighted by molar-refractivity contribution is 6.00. The third kappa shape index (κ3) is 3.39. The third-order valence-electron chi connectivity index (χ3n) is 2.58. The van der Waals surface area contributed by atoms with Crippen LogP contribution in [0.2, 0.25) is 0 Å². The van der Waals surface area contributed by atoms with Gasteiger partial charge in [-0.3, -0.25) is 4.79 Å². The number of ketones is 1. The largest absolute Gasteiger partial charge is 0.398 e. The van der Waals surface area contributed by atoms with E-state index in [0.29, 0.717) is 23.6 Å². The quantitative estimate of drug-likeness (QED) is 0.592. The van der Waals surface area contributed by atoms with Crippen LogP contribution in [-0.2, 0) is 0 Å². The molecule has 1 unspecified atom stereocenters. The Kier molecular flexibility index (Phi) is 4.35. The molecule has 1 aromatic rings. The maximum absolute atomic E-state index is 11.9. The lowest BCUT2D eigenvalue weighted by Crippen LogP contribution is -2.08. The standard InChI is InChI=1S/C13H19NO/c1-3-6-10(2)9-13(15)11-7-4-5-8-12(11)14/h4-5,7-8,10H,3,6,9,14H2,1-2H3. The molecule has 0 radical (unpaired) electrons. The molecule has 0 heterocycles. The van der Waals surface area contributed by atoms with Gasteiger partial charge in [-0.25, -0.2) is 0 Å². The molecule has 2 N–H and O–H groups in total. The number of para-hydroxylation sites is 1. The number of hydrogen-bond donors (Lipinski definition) is 1. The van der Waals surface area contributed by atoms with Crippen molar-refractivity contribution < 1.29 is 4.79 Å². The van der Waals surface area contributed by atoms with Crippen LogP contribution in [0.25, 0.3) is 0 Å². The fraction of sp³-hybridized carbons (Fsp3) is 0.462. The molecular weight excluding hydrogens is 186 g/mol. The maximum Gasteiger partial charge on any atom is 0.165 e. The maximum atomic E-state index is 11.9. The van der Waals surface area contributed by atoms with Crippen LogP contribution >= 0.6 is 0 Å². The number of benzene rings is 1. The number of Topliss-reactive ketones (excluding diaryl/α,β-unsaturated/α-hetero) is 1. The zero-order valence-electron chi connectivity index (χ0n) is 9.49. The van der Waals surface area contributed by atoms with Crippen LogP contribution in [0, 0.1) is 5.92 Å². The Labute approximate surface area is 91.5 Å². The molecule has 0 amide bonds. The minimum Gasteiger partial charge on any atom is -0.398 e. The van der Waals surface area contributed by atoms with Crippen LogP contribution < -0.4 is 5.73 Å². The molecule has 0 aromatic heterocycles. The van der Waals surface area contributed by atoms with Crippen LogP contribution in [0.15, 0.2) is 24.3 Å². The molecule has 1 rings (SSSR count). The lowest BCUT2D eigenvalue weighted by Gasteiger charge is -2.09. The molecule has 1 atom stereocenters. The van der Waals surface area contributed by atoms with E-state index in [1.807, 2.05) is 12.1 Å². The Hall–Kier alpha value is -1.31. The predicted molar refractivity (Wildman–Crippen MR) is 63.9 cm³/mol. The van der Waals surface area contributed by atoms with Gasteiger partial charge in [0.25, 0.3) is 0 Å². The molecule has 2 heteroatoms. The number of carbonyl (C=O) groups excluding carboxylic acids is 1. The number of anilines is 1. The first kappa shape index (κ1) is 11.8. The summed E-state index contributed by atoms with van der Waals surface area (Å²) in [6.07, 6.45) is 2.82. The fourth-order valence-electron chi connectivity index (χ4n) is 1.77. The molecule has 0 aliphatic carbocycles. The number of hydrogen-bond acceptors (Lipinski definition) is 2. The van der Waals surface area contributed by atoms with Gasteiger partial charge in [-0.15, -0.1) is 0 Å². The minimum absolute atomic E-state index is 0.161. The van der Waals surface area contributed by atoms with E-state index in [-0.39, 0.29) is 5.78 Å². The van der Waals surface area contributed by atoms with Gasteiger partial charge in [-0.1, -0.05) is 38.8 Å². The van der Waals surface area contributed by atoms with E-state index in [2.05, 4.69) is 13.8 Å². The van der Waals surface area contributed by atoms with Crippen molar-refractivity contribution in [3.8, 4) is 0 Å². The van der Waals surface area contributed by atoms with E-state index in [9.17, 15) is 4.79 Å². The highest BCUT2D eigenvalue weighted by atomic mass is 16.1. The van der Waals surface area contributed by atoms with Gasteiger partial charge in [0.1, 0.15) is 0 Å². The Morgan fingerprint density at radius 3 is 2.67 bits per heavy atom. The van der Waals surface area contributed by atoms with Crippen molar-refractivity contribution in [1.82, 2.24) is 0 Å². The van der Waals surface area contributed by atoms with Crippen LogP contribution in [-0.4, -0.2) is 5.78 Å². The van der Waals surface area contributed by atoms with Gasteiger partial charge in [0.2, 0.25) is 0 Å². The summed E-state index contributed by atoms with van der Waals surface area (Å²) in [5.41, 5.74) is 7.01. The normalized spacial score (nSPS) is 12.4. The Balaban J connectivity index is 2.65. The molecular formula is C13H19NO. The van der Waals surface area contributed by atoms with Gasteiger partial charge in [0.05, 0.1) is 0 Å². The highest BCUT2D eigenvalue weighted by Gasteiger charge is 2.12. The van der Waals surface area contributed by atoms with E-state index in [1.165, 1.54) is 0 Å². The van der Waals surface area contributed by atoms with Crippen LogP contribution in [0.3, 0.4) is 0 Å². The van der Waals surface area contributed by atoms with Gasteiger partial charge < -0.3 is 5.73 Å². The lowest BCUT2D eigenvalue weighted by molar-refractivity contribution is 0.0963. The summed E-state index contributed by atoms with van der Waals surface area (Å²) in [4.78, 5) is 11.9. The Morgan fingerprint density at radius 2 is 2.07 bits per heavy atom. The topological polar surface area (TPSA) is 43.1 Å². The molecule has 15 heavy (non-hydrogen) atoms. The summed E-state index contributed by atoms with van der Waals surface area (Å²) < 4.78 is 0. The van der Waals surface area contributed by atoms with E-state index in [4.69, 9.17) is 5.73 Å².